The molecule has 1 aromatic carbocycles. The molecule has 0 heterocycles. The quantitative estimate of drug-likeness (QED) is 0.569. The van der Waals surface area contributed by atoms with Crippen molar-refractivity contribution in [3.05, 3.63) is 35.9 Å². The second kappa shape index (κ2) is 9.97. The van der Waals surface area contributed by atoms with Gasteiger partial charge in [-0.3, -0.25) is 0 Å². The Hall–Kier alpha value is -1.33. The highest BCUT2D eigenvalue weighted by Crippen LogP contribution is 2.36. The fourth-order valence-corrected chi connectivity index (χ4v) is 4.37. The normalized spacial score (nSPS) is 18.2. The molecule has 1 atom stereocenters. The Morgan fingerprint density at radius 2 is 1.80 bits per heavy atom. The molecule has 0 saturated heterocycles. The molecular formula is C23H36N2. The summed E-state index contributed by atoms with van der Waals surface area (Å²) in [7, 11) is 2.24. The minimum atomic E-state index is -0.356. The van der Waals surface area contributed by atoms with Crippen molar-refractivity contribution in [1.82, 2.24) is 4.90 Å². The molecule has 1 fully saturated rings. The van der Waals surface area contributed by atoms with Gasteiger partial charge in [-0.05, 0) is 56.8 Å². The van der Waals surface area contributed by atoms with E-state index >= 15 is 0 Å². The van der Waals surface area contributed by atoms with E-state index in [0.29, 0.717) is 5.92 Å². The Morgan fingerprint density at radius 3 is 2.40 bits per heavy atom. The molecule has 2 rings (SSSR count). The zero-order valence-electron chi connectivity index (χ0n) is 16.5. The lowest BCUT2D eigenvalue weighted by Crippen LogP contribution is -2.32. The molecule has 0 N–H and O–H groups in total. The second-order valence-electron chi connectivity index (χ2n) is 8.30. The van der Waals surface area contributed by atoms with Crippen molar-refractivity contribution in [3.63, 3.8) is 0 Å². The topological polar surface area (TPSA) is 27.0 Å². The minimum absolute atomic E-state index is 0.326. The molecule has 138 valence electrons. The molecule has 1 aromatic rings. The van der Waals surface area contributed by atoms with E-state index in [1.165, 1.54) is 50.6 Å². The van der Waals surface area contributed by atoms with E-state index in [4.69, 9.17) is 0 Å². The number of nitriles is 1. The van der Waals surface area contributed by atoms with E-state index in [0.717, 1.165) is 25.3 Å². The van der Waals surface area contributed by atoms with E-state index in [9.17, 15) is 5.26 Å². The van der Waals surface area contributed by atoms with Gasteiger partial charge in [-0.15, -0.1) is 0 Å². The fourth-order valence-electron chi connectivity index (χ4n) is 4.37. The molecule has 0 aliphatic heterocycles. The van der Waals surface area contributed by atoms with Gasteiger partial charge in [-0.1, -0.05) is 76.3 Å². The number of nitrogens with zero attached hydrogens (tertiary/aromatic N) is 2. The molecule has 0 bridgehead atoms. The van der Waals surface area contributed by atoms with Crippen molar-refractivity contribution in [2.75, 3.05) is 20.1 Å². The van der Waals surface area contributed by atoms with Crippen LogP contribution in [0, 0.1) is 23.2 Å². The summed E-state index contributed by atoms with van der Waals surface area (Å²) >= 11 is 0. The molecule has 1 saturated carbocycles. The van der Waals surface area contributed by atoms with Crippen LogP contribution in [-0.4, -0.2) is 25.0 Å². The van der Waals surface area contributed by atoms with Crippen LogP contribution in [0.1, 0.15) is 70.8 Å². The number of hydrogen-bond acceptors (Lipinski definition) is 2. The number of benzene rings is 1. The Kier molecular flexibility index (Phi) is 7.97. The Bertz CT molecular complexity index is 525. The van der Waals surface area contributed by atoms with Crippen molar-refractivity contribution in [1.29, 1.82) is 5.26 Å². The smallest absolute Gasteiger partial charge is 0.0845 e. The lowest BCUT2D eigenvalue weighted by molar-refractivity contribution is 0.251. The summed E-state index contributed by atoms with van der Waals surface area (Å²) in [6, 6.07) is 13.1. The van der Waals surface area contributed by atoms with E-state index in [2.05, 4.69) is 56.1 Å². The van der Waals surface area contributed by atoms with Crippen molar-refractivity contribution in [2.45, 2.75) is 70.6 Å². The minimum Gasteiger partial charge on any atom is -0.306 e. The zero-order chi connectivity index (χ0) is 18.1. The van der Waals surface area contributed by atoms with Crippen LogP contribution < -0.4 is 0 Å². The van der Waals surface area contributed by atoms with E-state index in [-0.39, 0.29) is 5.41 Å². The summed E-state index contributed by atoms with van der Waals surface area (Å²) in [5.74, 6) is 1.28. The van der Waals surface area contributed by atoms with Gasteiger partial charge in [-0.25, -0.2) is 0 Å². The van der Waals surface area contributed by atoms with Crippen molar-refractivity contribution >= 4 is 0 Å². The van der Waals surface area contributed by atoms with Gasteiger partial charge in [0.25, 0.3) is 0 Å². The fraction of sp³-hybridized carbons (Fsp3) is 0.696. The summed E-state index contributed by atoms with van der Waals surface area (Å²) in [5, 5.41) is 9.98. The molecule has 1 aliphatic rings. The highest BCUT2D eigenvalue weighted by molar-refractivity contribution is 5.33. The van der Waals surface area contributed by atoms with Crippen LogP contribution in [0.15, 0.2) is 30.3 Å². The summed E-state index contributed by atoms with van der Waals surface area (Å²) in [5.41, 5.74) is 0.822. The summed E-state index contributed by atoms with van der Waals surface area (Å²) in [6.07, 6.45) is 10.6. The third-order valence-electron chi connectivity index (χ3n) is 6.23. The second-order valence-corrected chi connectivity index (χ2v) is 8.30. The highest BCUT2D eigenvalue weighted by atomic mass is 15.1. The van der Waals surface area contributed by atoms with Crippen LogP contribution in [0.5, 0.6) is 0 Å². The molecule has 0 unspecified atom stereocenters. The first-order chi connectivity index (χ1) is 12.1. The van der Waals surface area contributed by atoms with Crippen molar-refractivity contribution < 1.29 is 0 Å². The van der Waals surface area contributed by atoms with E-state index in [1.807, 2.05) is 6.07 Å². The molecule has 0 spiro atoms. The van der Waals surface area contributed by atoms with Gasteiger partial charge >= 0.3 is 0 Å². The molecule has 0 amide bonds. The van der Waals surface area contributed by atoms with Crippen LogP contribution in [0.2, 0.25) is 0 Å². The standard InChI is InChI=1S/C23H36N2/c1-20(2)23(19-24,22-13-8-5-9-14-22)16-10-17-25(3)18-15-21-11-6-4-7-12-21/h5,8-9,13-14,20-21H,4,6-7,10-12,15-18H2,1-3H3/t23-/m1/s1. The average molecular weight is 341 g/mol. The van der Waals surface area contributed by atoms with Gasteiger partial charge in [0.1, 0.15) is 0 Å². The van der Waals surface area contributed by atoms with Crippen LogP contribution >= 0.6 is 0 Å². The summed E-state index contributed by atoms with van der Waals surface area (Å²) in [4.78, 5) is 2.47. The third-order valence-corrected chi connectivity index (χ3v) is 6.23. The predicted octanol–water partition coefficient (Wildman–Crippen LogP) is 5.79. The van der Waals surface area contributed by atoms with Gasteiger partial charge < -0.3 is 4.90 Å². The van der Waals surface area contributed by atoms with Gasteiger partial charge in [0.05, 0.1) is 11.5 Å². The Balaban J connectivity index is 1.83. The summed E-state index contributed by atoms with van der Waals surface area (Å²) < 4.78 is 0. The zero-order valence-corrected chi connectivity index (χ0v) is 16.5. The van der Waals surface area contributed by atoms with Crippen LogP contribution in [0.4, 0.5) is 0 Å². The number of hydrogen-bond donors (Lipinski definition) is 0. The van der Waals surface area contributed by atoms with E-state index in [1.54, 1.807) is 0 Å². The molecule has 0 radical (unpaired) electrons. The van der Waals surface area contributed by atoms with Crippen LogP contribution in [0.25, 0.3) is 0 Å². The van der Waals surface area contributed by atoms with Crippen molar-refractivity contribution in [3.8, 4) is 6.07 Å². The molecule has 0 aromatic heterocycles. The maximum Gasteiger partial charge on any atom is 0.0845 e. The summed E-state index contributed by atoms with van der Waals surface area (Å²) in [6.45, 7) is 6.67. The largest absolute Gasteiger partial charge is 0.306 e. The molecular weight excluding hydrogens is 304 g/mol. The number of rotatable bonds is 9. The first-order valence-electron chi connectivity index (χ1n) is 10.2. The van der Waals surface area contributed by atoms with Gasteiger partial charge in [0.2, 0.25) is 0 Å². The molecule has 1 aliphatic carbocycles. The third kappa shape index (κ3) is 5.58. The first-order valence-corrected chi connectivity index (χ1v) is 10.2. The Morgan fingerprint density at radius 1 is 1.12 bits per heavy atom. The van der Waals surface area contributed by atoms with Crippen LogP contribution in [-0.2, 0) is 5.41 Å². The average Bonchev–Trinajstić information content (AvgIpc) is 2.65. The molecule has 2 heteroatoms. The highest BCUT2D eigenvalue weighted by Gasteiger charge is 2.35. The molecule has 2 nitrogen and oxygen atoms in total. The SMILES string of the molecule is CC(C)[C@](C#N)(CCCN(C)CCC1CCCCC1)c1ccccc1. The van der Waals surface area contributed by atoms with Crippen molar-refractivity contribution in [2.24, 2.45) is 11.8 Å². The predicted molar refractivity (Wildman–Crippen MR) is 106 cm³/mol. The van der Waals surface area contributed by atoms with Crippen LogP contribution in [0.3, 0.4) is 0 Å². The van der Waals surface area contributed by atoms with Gasteiger partial charge in [0, 0.05) is 0 Å². The lowest BCUT2D eigenvalue weighted by atomic mass is 9.70. The van der Waals surface area contributed by atoms with Gasteiger partial charge in [-0.2, -0.15) is 5.26 Å². The molecule has 25 heavy (non-hydrogen) atoms. The van der Waals surface area contributed by atoms with E-state index < -0.39 is 0 Å². The Labute approximate surface area is 155 Å². The monoisotopic (exact) mass is 340 g/mol. The maximum atomic E-state index is 9.98. The van der Waals surface area contributed by atoms with Gasteiger partial charge in [0.15, 0.2) is 0 Å². The first kappa shape index (κ1) is 20.0. The lowest BCUT2D eigenvalue weighted by Gasteiger charge is -2.32. The maximum absolute atomic E-state index is 9.98.